The van der Waals surface area contributed by atoms with Crippen LogP contribution in [0.4, 0.5) is 0 Å². The van der Waals surface area contributed by atoms with Crippen LogP contribution in [0.1, 0.15) is 13.3 Å². The van der Waals surface area contributed by atoms with E-state index in [9.17, 15) is 4.79 Å². The Hall–Kier alpha value is -1.06. The largest absolute Gasteiger partial charge is 0.374 e. The molecule has 0 aromatic carbocycles. The van der Waals surface area contributed by atoms with Crippen molar-refractivity contribution in [3.05, 3.63) is 6.92 Å². The molecule has 0 saturated heterocycles. The van der Waals surface area contributed by atoms with Crippen LogP contribution in [-0.2, 0) is 4.79 Å². The van der Waals surface area contributed by atoms with Gasteiger partial charge in [0.15, 0.2) is 0 Å². The van der Waals surface area contributed by atoms with E-state index in [4.69, 9.17) is 5.41 Å². The Morgan fingerprint density at radius 2 is 2.00 bits per heavy atom. The molecule has 0 saturated carbocycles. The number of amidine groups is 1. The summed E-state index contributed by atoms with van der Waals surface area (Å²) in [5.41, 5.74) is 0. The van der Waals surface area contributed by atoms with Crippen molar-refractivity contribution in [1.82, 2.24) is 10.6 Å². The lowest BCUT2D eigenvalue weighted by Gasteiger charge is -2.03. The van der Waals surface area contributed by atoms with Crippen LogP contribution in [0.25, 0.3) is 0 Å². The van der Waals surface area contributed by atoms with Gasteiger partial charge in [0.05, 0.1) is 5.84 Å². The Bertz CT molecular complexity index is 129. The molecule has 0 aliphatic rings. The van der Waals surface area contributed by atoms with Crippen LogP contribution in [-0.4, -0.2) is 24.8 Å². The monoisotopic (exact) mass is 156 g/mol. The van der Waals surface area contributed by atoms with Crippen molar-refractivity contribution in [2.24, 2.45) is 0 Å². The highest BCUT2D eigenvalue weighted by Gasteiger charge is 1.90. The van der Waals surface area contributed by atoms with Gasteiger partial charge in [-0.3, -0.25) is 10.2 Å². The van der Waals surface area contributed by atoms with Crippen LogP contribution in [0.5, 0.6) is 0 Å². The molecule has 0 aromatic rings. The normalized spacial score (nSPS) is 8.91. The minimum atomic E-state index is -0.253. The van der Waals surface area contributed by atoms with Gasteiger partial charge in [-0.05, 0) is 13.3 Å². The Labute approximate surface area is 66.9 Å². The molecule has 4 nitrogen and oxygen atoms in total. The molecule has 0 aromatic heterocycles. The van der Waals surface area contributed by atoms with Crippen LogP contribution < -0.4 is 10.6 Å². The zero-order valence-electron chi connectivity index (χ0n) is 6.74. The van der Waals surface area contributed by atoms with E-state index in [1.807, 2.05) is 0 Å². The summed E-state index contributed by atoms with van der Waals surface area (Å²) in [7, 11) is 0. The summed E-state index contributed by atoms with van der Waals surface area (Å²) in [6.07, 6.45) is 0.817. The SMILES string of the molecule is [CH2]C(=O)NCCCNC(C)=N. The van der Waals surface area contributed by atoms with Crippen molar-refractivity contribution in [2.45, 2.75) is 13.3 Å². The second kappa shape index (κ2) is 5.70. The van der Waals surface area contributed by atoms with E-state index < -0.39 is 0 Å². The fourth-order valence-electron chi connectivity index (χ4n) is 0.592. The van der Waals surface area contributed by atoms with Crippen molar-refractivity contribution < 1.29 is 4.79 Å². The molecular weight excluding hydrogens is 142 g/mol. The van der Waals surface area contributed by atoms with E-state index in [0.717, 1.165) is 13.0 Å². The molecular formula is C7H14N3O. The molecule has 0 spiro atoms. The molecule has 0 unspecified atom stereocenters. The minimum absolute atomic E-state index is 0.253. The van der Waals surface area contributed by atoms with Gasteiger partial charge in [0, 0.05) is 20.0 Å². The molecule has 0 heterocycles. The highest BCUT2D eigenvalue weighted by Crippen LogP contribution is 1.73. The predicted octanol–water partition coefficient (Wildman–Crippen LogP) is -0.0864. The molecule has 0 bridgehead atoms. The minimum Gasteiger partial charge on any atom is -0.374 e. The standard InChI is InChI=1S/C7H14N3O/c1-6(8)9-4-3-5-10-7(2)11/h2-5H2,1H3,(H2,8,9)(H,10,11). The number of hydrogen-bond acceptors (Lipinski definition) is 2. The Balaban J connectivity index is 3.03. The van der Waals surface area contributed by atoms with E-state index in [-0.39, 0.29) is 5.91 Å². The van der Waals surface area contributed by atoms with Crippen molar-refractivity contribution >= 4 is 11.7 Å². The average Bonchev–Trinajstić information content (AvgIpc) is 1.85. The summed E-state index contributed by atoms with van der Waals surface area (Å²) in [5.74, 6) is 0.197. The number of rotatable bonds is 4. The third-order valence-electron chi connectivity index (χ3n) is 1.07. The molecule has 1 amide bonds. The molecule has 0 aliphatic carbocycles. The first-order valence-electron chi connectivity index (χ1n) is 3.51. The molecule has 4 heteroatoms. The topological polar surface area (TPSA) is 65.0 Å². The smallest absolute Gasteiger partial charge is 0.220 e. The zero-order valence-corrected chi connectivity index (χ0v) is 6.74. The molecule has 1 radical (unpaired) electrons. The first kappa shape index (κ1) is 9.94. The summed E-state index contributed by atoms with van der Waals surface area (Å²) < 4.78 is 0. The van der Waals surface area contributed by atoms with Crippen LogP contribution in [0.3, 0.4) is 0 Å². The van der Waals surface area contributed by atoms with Gasteiger partial charge in [0.1, 0.15) is 0 Å². The van der Waals surface area contributed by atoms with Crippen molar-refractivity contribution in [3.8, 4) is 0 Å². The third-order valence-corrected chi connectivity index (χ3v) is 1.07. The summed E-state index contributed by atoms with van der Waals surface area (Å²) in [6.45, 7) is 6.17. The number of carbonyl (C=O) groups is 1. The summed E-state index contributed by atoms with van der Waals surface area (Å²) in [4.78, 5) is 10.3. The molecule has 11 heavy (non-hydrogen) atoms. The second-order valence-electron chi connectivity index (χ2n) is 2.26. The van der Waals surface area contributed by atoms with Gasteiger partial charge in [-0.1, -0.05) is 0 Å². The van der Waals surface area contributed by atoms with E-state index in [0.29, 0.717) is 12.4 Å². The average molecular weight is 156 g/mol. The lowest BCUT2D eigenvalue weighted by Crippen LogP contribution is -2.27. The lowest BCUT2D eigenvalue weighted by atomic mass is 10.4. The maximum Gasteiger partial charge on any atom is 0.220 e. The quantitative estimate of drug-likeness (QED) is 0.302. The maximum atomic E-state index is 10.3. The summed E-state index contributed by atoms with van der Waals surface area (Å²) in [5, 5.41) is 12.4. The molecule has 0 aliphatic heterocycles. The van der Waals surface area contributed by atoms with Crippen LogP contribution >= 0.6 is 0 Å². The maximum absolute atomic E-state index is 10.3. The van der Waals surface area contributed by atoms with Gasteiger partial charge in [-0.2, -0.15) is 0 Å². The molecule has 0 rings (SSSR count). The Morgan fingerprint density at radius 1 is 1.45 bits per heavy atom. The van der Waals surface area contributed by atoms with Gasteiger partial charge in [-0.15, -0.1) is 0 Å². The predicted molar refractivity (Wildman–Crippen MR) is 44.4 cm³/mol. The molecule has 0 fully saturated rings. The lowest BCUT2D eigenvalue weighted by molar-refractivity contribution is -0.116. The highest BCUT2D eigenvalue weighted by atomic mass is 16.1. The third kappa shape index (κ3) is 8.94. The first-order valence-corrected chi connectivity index (χ1v) is 3.51. The number of amides is 1. The summed E-state index contributed by atoms with van der Waals surface area (Å²) in [6, 6.07) is 0. The Morgan fingerprint density at radius 3 is 2.45 bits per heavy atom. The fraction of sp³-hybridized carbons (Fsp3) is 0.571. The van der Waals surface area contributed by atoms with Gasteiger partial charge in [0.25, 0.3) is 0 Å². The van der Waals surface area contributed by atoms with Crippen LogP contribution in [0, 0.1) is 12.3 Å². The van der Waals surface area contributed by atoms with Crippen molar-refractivity contribution in [2.75, 3.05) is 13.1 Å². The van der Waals surface area contributed by atoms with Gasteiger partial charge in [-0.25, -0.2) is 0 Å². The molecule has 0 atom stereocenters. The van der Waals surface area contributed by atoms with E-state index in [1.165, 1.54) is 0 Å². The number of hydrogen-bond donors (Lipinski definition) is 3. The number of carbonyl (C=O) groups excluding carboxylic acids is 1. The molecule has 63 valence electrons. The van der Waals surface area contributed by atoms with Gasteiger partial charge >= 0.3 is 0 Å². The summed E-state index contributed by atoms with van der Waals surface area (Å²) >= 11 is 0. The van der Waals surface area contributed by atoms with Gasteiger partial charge in [0.2, 0.25) is 5.91 Å². The fourth-order valence-corrected chi connectivity index (χ4v) is 0.592. The number of nitrogens with one attached hydrogen (secondary N) is 3. The van der Waals surface area contributed by atoms with Crippen molar-refractivity contribution in [3.63, 3.8) is 0 Å². The van der Waals surface area contributed by atoms with E-state index in [1.54, 1.807) is 6.92 Å². The van der Waals surface area contributed by atoms with E-state index >= 15 is 0 Å². The Kier molecular flexibility index (Phi) is 5.15. The van der Waals surface area contributed by atoms with Crippen LogP contribution in [0.2, 0.25) is 0 Å². The highest BCUT2D eigenvalue weighted by molar-refractivity contribution is 5.79. The van der Waals surface area contributed by atoms with Gasteiger partial charge < -0.3 is 10.6 Å². The van der Waals surface area contributed by atoms with Crippen LogP contribution in [0.15, 0.2) is 0 Å². The van der Waals surface area contributed by atoms with E-state index in [2.05, 4.69) is 17.6 Å². The second-order valence-corrected chi connectivity index (χ2v) is 2.26. The first-order chi connectivity index (χ1) is 5.13. The van der Waals surface area contributed by atoms with Crippen molar-refractivity contribution in [1.29, 1.82) is 5.41 Å². The molecule has 3 N–H and O–H groups in total. The zero-order chi connectivity index (χ0) is 8.69.